The van der Waals surface area contributed by atoms with Crippen molar-refractivity contribution < 1.29 is 4.42 Å². The van der Waals surface area contributed by atoms with Gasteiger partial charge in [0.2, 0.25) is 5.89 Å². The van der Waals surface area contributed by atoms with Crippen LogP contribution in [-0.2, 0) is 0 Å². The van der Waals surface area contributed by atoms with Crippen molar-refractivity contribution in [3.05, 3.63) is 65.0 Å². The molecule has 1 aromatic heterocycles. The highest BCUT2D eigenvalue weighted by Crippen LogP contribution is 2.19. The number of anilines is 1. The van der Waals surface area contributed by atoms with Crippen LogP contribution in [0.25, 0.3) is 11.5 Å². The summed E-state index contributed by atoms with van der Waals surface area (Å²) in [6, 6.07) is 17.3. The third-order valence-corrected chi connectivity index (χ3v) is 3.71. The summed E-state index contributed by atoms with van der Waals surface area (Å²) in [5, 5.41) is 14.3. The number of hydrazone groups is 1. The molecule has 0 fully saturated rings. The highest BCUT2D eigenvalue weighted by Gasteiger charge is 2.04. The number of nitrogens with one attached hydrogen (secondary N) is 3. The van der Waals surface area contributed by atoms with E-state index in [0.717, 1.165) is 22.5 Å². The lowest BCUT2D eigenvalue weighted by atomic mass is 10.1. The molecule has 0 aliphatic carbocycles. The monoisotopic (exact) mass is 369 g/mol. The van der Waals surface area contributed by atoms with E-state index in [-0.39, 0.29) is 4.84 Å². The summed E-state index contributed by atoms with van der Waals surface area (Å²) in [6.45, 7) is 1.92. The molecular weight excluding hydrogens is 354 g/mol. The van der Waals surface area contributed by atoms with E-state index in [4.69, 9.17) is 28.9 Å². The number of nitrogens with zero attached hydrogens (tertiary/aromatic N) is 2. The summed E-state index contributed by atoms with van der Waals surface area (Å²) in [6.07, 6.45) is 0. The summed E-state index contributed by atoms with van der Waals surface area (Å²) in [5.41, 5.74) is 6.35. The molecule has 25 heavy (non-hydrogen) atoms. The Balaban J connectivity index is 1.60. The lowest BCUT2D eigenvalue weighted by Crippen LogP contribution is -2.24. The van der Waals surface area contributed by atoms with Crippen molar-refractivity contribution in [2.75, 3.05) is 5.32 Å². The molecule has 0 aliphatic heterocycles. The van der Waals surface area contributed by atoms with Crippen LogP contribution in [0.4, 0.5) is 5.69 Å². The van der Waals surface area contributed by atoms with Gasteiger partial charge in [-0.3, -0.25) is 5.43 Å². The van der Waals surface area contributed by atoms with Gasteiger partial charge in [0.1, 0.15) is 0 Å². The van der Waals surface area contributed by atoms with Crippen LogP contribution in [0.1, 0.15) is 12.5 Å². The Morgan fingerprint density at radius 2 is 1.84 bits per heavy atom. The first kappa shape index (κ1) is 17.0. The van der Waals surface area contributed by atoms with Crippen LogP contribution < -0.4 is 10.7 Å². The standard InChI is InChI=1S/C17H15N5OS2/c1-11(12-5-3-2-4-6-12)19-21-16(24)18-14-9-7-13(8-10-14)15-20-22-17(25)23-15/h2-10H,1H3,(H,22,25)(H2,18,21,24)/b19-11+. The van der Waals surface area contributed by atoms with Crippen LogP contribution in [0.5, 0.6) is 0 Å². The average molecular weight is 369 g/mol. The van der Waals surface area contributed by atoms with Crippen LogP contribution in [-0.4, -0.2) is 21.0 Å². The molecule has 0 unspecified atom stereocenters. The van der Waals surface area contributed by atoms with Crippen molar-refractivity contribution >= 4 is 40.9 Å². The van der Waals surface area contributed by atoms with Gasteiger partial charge in [-0.15, -0.1) is 5.10 Å². The molecule has 1 heterocycles. The minimum absolute atomic E-state index is 0.245. The summed E-state index contributed by atoms with van der Waals surface area (Å²) in [4.78, 5) is 0.245. The molecule has 0 saturated carbocycles. The maximum absolute atomic E-state index is 5.27. The van der Waals surface area contributed by atoms with E-state index in [9.17, 15) is 0 Å². The first-order chi connectivity index (χ1) is 12.1. The Kier molecular flexibility index (Phi) is 5.32. The molecule has 0 radical (unpaired) electrons. The van der Waals surface area contributed by atoms with Gasteiger partial charge in [0, 0.05) is 11.3 Å². The molecular formula is C17H15N5OS2. The van der Waals surface area contributed by atoms with E-state index in [2.05, 4.69) is 26.0 Å². The molecule has 3 rings (SSSR count). The molecule has 3 aromatic rings. The Bertz CT molecular complexity index is 945. The second kappa shape index (κ2) is 7.82. The maximum atomic E-state index is 5.27. The number of aromatic nitrogens is 2. The highest BCUT2D eigenvalue weighted by molar-refractivity contribution is 7.80. The Hall–Kier alpha value is -2.84. The van der Waals surface area contributed by atoms with E-state index in [1.54, 1.807) is 0 Å². The van der Waals surface area contributed by atoms with Crippen molar-refractivity contribution in [2.24, 2.45) is 5.10 Å². The molecule has 126 valence electrons. The molecule has 0 amide bonds. The predicted octanol–water partition coefficient (Wildman–Crippen LogP) is 4.11. The van der Waals surface area contributed by atoms with Crippen LogP contribution >= 0.6 is 24.4 Å². The first-order valence-corrected chi connectivity index (χ1v) is 8.26. The van der Waals surface area contributed by atoms with Gasteiger partial charge in [0.15, 0.2) is 5.11 Å². The molecule has 2 aromatic carbocycles. The number of rotatable bonds is 4. The van der Waals surface area contributed by atoms with Crippen molar-refractivity contribution in [2.45, 2.75) is 6.92 Å². The van der Waals surface area contributed by atoms with Gasteiger partial charge >= 0.3 is 0 Å². The molecule has 0 saturated heterocycles. The summed E-state index contributed by atoms with van der Waals surface area (Å²) in [7, 11) is 0. The third-order valence-electron chi connectivity index (χ3n) is 3.34. The van der Waals surface area contributed by atoms with Crippen molar-refractivity contribution in [1.82, 2.24) is 15.6 Å². The zero-order chi connectivity index (χ0) is 17.6. The van der Waals surface area contributed by atoms with Crippen molar-refractivity contribution in [3.63, 3.8) is 0 Å². The lowest BCUT2D eigenvalue weighted by molar-refractivity contribution is 0.552. The fourth-order valence-corrected chi connectivity index (χ4v) is 2.38. The second-order valence-electron chi connectivity index (χ2n) is 5.12. The Labute approximate surface area is 155 Å². The van der Waals surface area contributed by atoms with Gasteiger partial charge in [0.05, 0.1) is 5.71 Å². The minimum Gasteiger partial charge on any atom is -0.409 e. The maximum Gasteiger partial charge on any atom is 0.284 e. The molecule has 0 aliphatic rings. The highest BCUT2D eigenvalue weighted by atomic mass is 32.1. The smallest absolute Gasteiger partial charge is 0.284 e. The van der Waals surface area contributed by atoms with Gasteiger partial charge in [-0.05, 0) is 61.2 Å². The summed E-state index contributed by atoms with van der Waals surface area (Å²) >= 11 is 10.1. The van der Waals surface area contributed by atoms with Gasteiger partial charge in [-0.2, -0.15) is 5.10 Å². The van der Waals surface area contributed by atoms with Crippen LogP contribution in [0.2, 0.25) is 0 Å². The van der Waals surface area contributed by atoms with Crippen LogP contribution in [0.15, 0.2) is 64.1 Å². The molecule has 0 spiro atoms. The zero-order valence-electron chi connectivity index (χ0n) is 13.3. The molecule has 8 heteroatoms. The van der Waals surface area contributed by atoms with Gasteiger partial charge in [-0.25, -0.2) is 5.10 Å². The third kappa shape index (κ3) is 4.59. The minimum atomic E-state index is 0.245. The van der Waals surface area contributed by atoms with E-state index in [1.807, 2.05) is 61.5 Å². The Morgan fingerprint density at radius 1 is 1.12 bits per heavy atom. The van der Waals surface area contributed by atoms with Crippen molar-refractivity contribution in [3.8, 4) is 11.5 Å². The number of H-pyrrole nitrogens is 1. The molecule has 0 bridgehead atoms. The van der Waals surface area contributed by atoms with E-state index in [1.165, 1.54) is 0 Å². The molecule has 3 N–H and O–H groups in total. The molecule has 0 atom stereocenters. The van der Waals surface area contributed by atoms with E-state index in [0.29, 0.717) is 11.0 Å². The first-order valence-electron chi connectivity index (χ1n) is 7.44. The van der Waals surface area contributed by atoms with Gasteiger partial charge < -0.3 is 9.73 Å². The number of thiocarbonyl (C=S) groups is 1. The summed E-state index contributed by atoms with van der Waals surface area (Å²) in [5.74, 6) is 0.445. The lowest BCUT2D eigenvalue weighted by Gasteiger charge is -2.08. The van der Waals surface area contributed by atoms with Gasteiger partial charge in [0.25, 0.3) is 4.84 Å². The van der Waals surface area contributed by atoms with Crippen LogP contribution in [0.3, 0.4) is 0 Å². The Morgan fingerprint density at radius 3 is 2.48 bits per heavy atom. The number of hydrogen-bond acceptors (Lipinski definition) is 5. The van der Waals surface area contributed by atoms with E-state index < -0.39 is 0 Å². The fourth-order valence-electron chi connectivity index (χ4n) is 2.09. The summed E-state index contributed by atoms with van der Waals surface area (Å²) < 4.78 is 5.27. The van der Waals surface area contributed by atoms with E-state index >= 15 is 0 Å². The molecule has 6 nitrogen and oxygen atoms in total. The largest absolute Gasteiger partial charge is 0.409 e. The fraction of sp³-hybridized carbons (Fsp3) is 0.0588. The normalized spacial score (nSPS) is 11.2. The topological polar surface area (TPSA) is 78.2 Å². The number of hydrogen-bond donors (Lipinski definition) is 3. The average Bonchev–Trinajstić information content (AvgIpc) is 3.07. The predicted molar refractivity (Wildman–Crippen MR) is 105 cm³/mol. The SMILES string of the molecule is C/C(=N\NC(=S)Nc1ccc(-c2n[nH]c(=S)o2)cc1)c1ccccc1. The van der Waals surface area contributed by atoms with Crippen LogP contribution in [0, 0.1) is 4.84 Å². The number of benzene rings is 2. The zero-order valence-corrected chi connectivity index (χ0v) is 14.9. The van der Waals surface area contributed by atoms with Gasteiger partial charge in [-0.1, -0.05) is 30.3 Å². The second-order valence-corrected chi connectivity index (χ2v) is 5.90. The number of aromatic amines is 1. The quantitative estimate of drug-likeness (QED) is 0.365. The van der Waals surface area contributed by atoms with Crippen molar-refractivity contribution in [1.29, 1.82) is 0 Å².